The van der Waals surface area contributed by atoms with Gasteiger partial charge in [-0.15, -0.1) is 0 Å². The first kappa shape index (κ1) is 11.5. The SMILES string of the molecule is O[C@H](c1ccccc1)c1cccc(Cl)c1Cl. The van der Waals surface area contributed by atoms with E-state index in [4.69, 9.17) is 23.2 Å². The second-order valence-electron chi connectivity index (χ2n) is 3.46. The van der Waals surface area contributed by atoms with Crippen LogP contribution in [0.1, 0.15) is 17.2 Å². The fourth-order valence-corrected chi connectivity index (χ4v) is 1.96. The Labute approximate surface area is 104 Å². The third kappa shape index (κ3) is 2.22. The molecule has 16 heavy (non-hydrogen) atoms. The molecule has 0 saturated heterocycles. The first-order valence-corrected chi connectivity index (χ1v) is 5.62. The molecule has 0 fully saturated rings. The lowest BCUT2D eigenvalue weighted by Crippen LogP contribution is -2.00. The second-order valence-corrected chi connectivity index (χ2v) is 4.24. The molecule has 3 heteroatoms. The molecule has 0 unspecified atom stereocenters. The Bertz CT molecular complexity index is 483. The third-order valence-corrected chi connectivity index (χ3v) is 3.22. The van der Waals surface area contributed by atoms with Crippen molar-refractivity contribution in [2.45, 2.75) is 6.10 Å². The van der Waals surface area contributed by atoms with Gasteiger partial charge in [0.15, 0.2) is 0 Å². The Morgan fingerprint density at radius 1 is 0.875 bits per heavy atom. The van der Waals surface area contributed by atoms with Gasteiger partial charge in [-0.3, -0.25) is 0 Å². The largest absolute Gasteiger partial charge is 0.384 e. The molecule has 0 radical (unpaired) electrons. The Morgan fingerprint density at radius 2 is 1.56 bits per heavy atom. The summed E-state index contributed by atoms with van der Waals surface area (Å²) >= 11 is 11.9. The average molecular weight is 253 g/mol. The van der Waals surface area contributed by atoms with Crippen LogP contribution in [0.4, 0.5) is 0 Å². The number of hydrogen-bond acceptors (Lipinski definition) is 1. The Kier molecular flexibility index (Phi) is 3.49. The van der Waals surface area contributed by atoms with Gasteiger partial charge >= 0.3 is 0 Å². The van der Waals surface area contributed by atoms with Crippen LogP contribution < -0.4 is 0 Å². The number of halogens is 2. The molecule has 0 aliphatic heterocycles. The van der Waals surface area contributed by atoms with Gasteiger partial charge in [-0.25, -0.2) is 0 Å². The molecule has 0 amide bonds. The minimum atomic E-state index is -0.743. The van der Waals surface area contributed by atoms with Gasteiger partial charge in [-0.2, -0.15) is 0 Å². The molecule has 2 aromatic rings. The fourth-order valence-electron chi connectivity index (χ4n) is 1.55. The van der Waals surface area contributed by atoms with Gasteiger partial charge < -0.3 is 5.11 Å². The quantitative estimate of drug-likeness (QED) is 0.855. The van der Waals surface area contributed by atoms with Gasteiger partial charge in [0.1, 0.15) is 6.10 Å². The summed E-state index contributed by atoms with van der Waals surface area (Å²) in [4.78, 5) is 0. The van der Waals surface area contributed by atoms with Crippen LogP contribution in [-0.2, 0) is 0 Å². The highest BCUT2D eigenvalue weighted by atomic mass is 35.5. The predicted octanol–water partition coefficient (Wildman–Crippen LogP) is 4.08. The summed E-state index contributed by atoms with van der Waals surface area (Å²) in [6.45, 7) is 0. The van der Waals surface area contributed by atoms with Crippen LogP contribution in [0.15, 0.2) is 48.5 Å². The van der Waals surface area contributed by atoms with Gasteiger partial charge in [0.25, 0.3) is 0 Å². The zero-order chi connectivity index (χ0) is 11.5. The molecule has 2 aromatic carbocycles. The van der Waals surface area contributed by atoms with E-state index in [0.29, 0.717) is 15.6 Å². The summed E-state index contributed by atoms with van der Waals surface area (Å²) < 4.78 is 0. The maximum Gasteiger partial charge on any atom is 0.106 e. The molecule has 0 saturated carbocycles. The molecular weight excluding hydrogens is 243 g/mol. The molecule has 0 aliphatic rings. The molecule has 1 N–H and O–H groups in total. The lowest BCUT2D eigenvalue weighted by atomic mass is 10.0. The summed E-state index contributed by atoms with van der Waals surface area (Å²) in [5, 5.41) is 11.0. The van der Waals surface area contributed by atoms with Crippen molar-refractivity contribution in [3.05, 3.63) is 69.7 Å². The summed E-state index contributed by atoms with van der Waals surface area (Å²) in [6.07, 6.45) is -0.743. The zero-order valence-corrected chi connectivity index (χ0v) is 9.91. The molecule has 1 atom stereocenters. The van der Waals surface area contributed by atoms with Crippen molar-refractivity contribution in [2.75, 3.05) is 0 Å². The molecule has 0 heterocycles. The number of hydrogen-bond donors (Lipinski definition) is 1. The monoisotopic (exact) mass is 252 g/mol. The van der Waals surface area contributed by atoms with Gasteiger partial charge in [0, 0.05) is 5.56 Å². The highest BCUT2D eigenvalue weighted by molar-refractivity contribution is 6.42. The van der Waals surface area contributed by atoms with Crippen LogP contribution in [0, 0.1) is 0 Å². The van der Waals surface area contributed by atoms with Gasteiger partial charge in [0.05, 0.1) is 10.0 Å². The van der Waals surface area contributed by atoms with E-state index in [2.05, 4.69) is 0 Å². The molecule has 0 bridgehead atoms. The second kappa shape index (κ2) is 4.88. The molecule has 2 rings (SSSR count). The summed E-state index contributed by atoms with van der Waals surface area (Å²) in [6, 6.07) is 14.6. The molecule has 82 valence electrons. The highest BCUT2D eigenvalue weighted by Gasteiger charge is 2.14. The average Bonchev–Trinajstić information content (AvgIpc) is 2.33. The molecule has 0 aromatic heterocycles. The van der Waals surface area contributed by atoms with Crippen LogP contribution >= 0.6 is 23.2 Å². The van der Waals surface area contributed by atoms with E-state index in [1.807, 2.05) is 30.3 Å². The van der Waals surface area contributed by atoms with Crippen molar-refractivity contribution in [1.82, 2.24) is 0 Å². The van der Waals surface area contributed by atoms with E-state index < -0.39 is 6.10 Å². The lowest BCUT2D eigenvalue weighted by Gasteiger charge is -2.13. The van der Waals surface area contributed by atoms with E-state index in [9.17, 15) is 5.11 Å². The lowest BCUT2D eigenvalue weighted by molar-refractivity contribution is 0.220. The van der Waals surface area contributed by atoms with Crippen LogP contribution in [0.3, 0.4) is 0 Å². The van der Waals surface area contributed by atoms with Gasteiger partial charge in [-0.1, -0.05) is 65.7 Å². The fraction of sp³-hybridized carbons (Fsp3) is 0.0769. The minimum absolute atomic E-state index is 0.403. The summed E-state index contributed by atoms with van der Waals surface area (Å²) in [5.74, 6) is 0. The zero-order valence-electron chi connectivity index (χ0n) is 8.40. The van der Waals surface area contributed by atoms with E-state index in [-0.39, 0.29) is 0 Å². The maximum atomic E-state index is 10.2. The Morgan fingerprint density at radius 3 is 2.25 bits per heavy atom. The van der Waals surface area contributed by atoms with Crippen LogP contribution in [0.25, 0.3) is 0 Å². The minimum Gasteiger partial charge on any atom is -0.384 e. The first-order valence-electron chi connectivity index (χ1n) is 4.87. The van der Waals surface area contributed by atoms with Crippen LogP contribution in [-0.4, -0.2) is 5.11 Å². The molecule has 0 spiro atoms. The van der Waals surface area contributed by atoms with E-state index in [1.54, 1.807) is 18.2 Å². The van der Waals surface area contributed by atoms with Crippen molar-refractivity contribution in [3.63, 3.8) is 0 Å². The van der Waals surface area contributed by atoms with Crippen molar-refractivity contribution in [3.8, 4) is 0 Å². The maximum absolute atomic E-state index is 10.2. The third-order valence-electron chi connectivity index (χ3n) is 2.39. The van der Waals surface area contributed by atoms with Crippen molar-refractivity contribution in [2.24, 2.45) is 0 Å². The van der Waals surface area contributed by atoms with Crippen molar-refractivity contribution < 1.29 is 5.11 Å². The van der Waals surface area contributed by atoms with E-state index in [1.165, 1.54) is 0 Å². The molecule has 1 nitrogen and oxygen atoms in total. The standard InChI is InChI=1S/C13H10Cl2O/c14-11-8-4-7-10(12(11)15)13(16)9-5-2-1-3-6-9/h1-8,13,16H/t13-/m1/s1. The first-order chi connectivity index (χ1) is 7.70. The van der Waals surface area contributed by atoms with Crippen molar-refractivity contribution >= 4 is 23.2 Å². The number of aliphatic hydroxyl groups is 1. The predicted molar refractivity (Wildman–Crippen MR) is 67.0 cm³/mol. The Hall–Kier alpha value is -1.02. The van der Waals surface area contributed by atoms with E-state index >= 15 is 0 Å². The van der Waals surface area contributed by atoms with Gasteiger partial charge in [-0.05, 0) is 11.6 Å². The van der Waals surface area contributed by atoms with E-state index in [0.717, 1.165) is 5.56 Å². The number of rotatable bonds is 2. The van der Waals surface area contributed by atoms with Gasteiger partial charge in [0.2, 0.25) is 0 Å². The summed E-state index contributed by atoms with van der Waals surface area (Å²) in [5.41, 5.74) is 1.42. The Balaban J connectivity index is 2.42. The number of aliphatic hydroxyl groups excluding tert-OH is 1. The molecular formula is C13H10Cl2O. The topological polar surface area (TPSA) is 20.2 Å². The van der Waals surface area contributed by atoms with Crippen LogP contribution in [0.2, 0.25) is 10.0 Å². The van der Waals surface area contributed by atoms with Crippen molar-refractivity contribution in [1.29, 1.82) is 0 Å². The van der Waals surface area contributed by atoms with Crippen LogP contribution in [0.5, 0.6) is 0 Å². The normalized spacial score (nSPS) is 12.4. The molecule has 0 aliphatic carbocycles. The smallest absolute Gasteiger partial charge is 0.106 e. The summed E-state index contributed by atoms with van der Waals surface area (Å²) in [7, 11) is 0. The highest BCUT2D eigenvalue weighted by Crippen LogP contribution is 2.32. The number of benzene rings is 2.